The Bertz CT molecular complexity index is 721. The minimum Gasteiger partial charge on any atom is -0.507 e. The van der Waals surface area contributed by atoms with Crippen LogP contribution < -0.4 is 10.9 Å². The summed E-state index contributed by atoms with van der Waals surface area (Å²) in [5, 5.41) is 21.1. The second-order valence-electron chi connectivity index (χ2n) is 4.98. The minimum absolute atomic E-state index is 0.0365. The number of H-pyrrole nitrogens is 1. The van der Waals surface area contributed by atoms with Crippen LogP contribution in [-0.2, 0) is 0 Å². The lowest BCUT2D eigenvalue weighted by Crippen LogP contribution is -2.29. The number of hydrogen-bond acceptors (Lipinski definition) is 6. The molecular formula is C13H16N6OS. The van der Waals surface area contributed by atoms with Gasteiger partial charge in [0.2, 0.25) is 4.77 Å². The molecule has 0 radical (unpaired) electrons. The molecule has 0 amide bonds. The van der Waals surface area contributed by atoms with E-state index in [4.69, 9.17) is 12.2 Å². The summed E-state index contributed by atoms with van der Waals surface area (Å²) in [6.45, 7) is 2.09. The molecule has 1 fully saturated rings. The predicted octanol–water partition coefficient (Wildman–Crippen LogP) is 1.46. The van der Waals surface area contributed by atoms with Gasteiger partial charge in [-0.2, -0.15) is 14.9 Å². The molecule has 8 heteroatoms. The van der Waals surface area contributed by atoms with E-state index in [0.29, 0.717) is 22.2 Å². The summed E-state index contributed by atoms with van der Waals surface area (Å²) in [5.41, 5.74) is 6.93. The second-order valence-corrected chi connectivity index (χ2v) is 5.37. The molecule has 0 bridgehead atoms. The van der Waals surface area contributed by atoms with E-state index < -0.39 is 0 Å². The fraction of sp³-hybridized carbons (Fsp3) is 0.308. The van der Waals surface area contributed by atoms with Gasteiger partial charge in [0.25, 0.3) is 0 Å². The first kappa shape index (κ1) is 13.9. The summed E-state index contributed by atoms with van der Waals surface area (Å²) >= 11 is 5.21. The highest BCUT2D eigenvalue weighted by Crippen LogP contribution is 2.20. The molecule has 0 aliphatic carbocycles. The normalized spacial score (nSPS) is 22.1. The van der Waals surface area contributed by atoms with Gasteiger partial charge in [0, 0.05) is 11.6 Å². The van der Waals surface area contributed by atoms with Gasteiger partial charge in [-0.3, -0.25) is 10.5 Å². The fourth-order valence-corrected chi connectivity index (χ4v) is 2.43. The van der Waals surface area contributed by atoms with Crippen LogP contribution in [0, 0.1) is 4.77 Å². The van der Waals surface area contributed by atoms with E-state index in [0.717, 1.165) is 6.42 Å². The van der Waals surface area contributed by atoms with Crippen LogP contribution >= 0.6 is 12.2 Å². The summed E-state index contributed by atoms with van der Waals surface area (Å²) in [6, 6.07) is 7.38. The van der Waals surface area contributed by atoms with Gasteiger partial charge in [0.1, 0.15) is 5.75 Å². The third-order valence-corrected chi connectivity index (χ3v) is 3.59. The Morgan fingerprint density at radius 2 is 2.24 bits per heavy atom. The number of aromatic nitrogens is 3. The van der Waals surface area contributed by atoms with Crippen molar-refractivity contribution in [1.82, 2.24) is 25.7 Å². The maximum atomic E-state index is 9.75. The van der Waals surface area contributed by atoms with E-state index in [-0.39, 0.29) is 11.8 Å². The second kappa shape index (κ2) is 5.76. The van der Waals surface area contributed by atoms with Gasteiger partial charge >= 0.3 is 0 Å². The predicted molar refractivity (Wildman–Crippen MR) is 81.6 cm³/mol. The number of para-hydroxylation sites is 1. The first-order valence-corrected chi connectivity index (χ1v) is 7.06. The Labute approximate surface area is 126 Å². The fourth-order valence-electron chi connectivity index (χ4n) is 2.24. The van der Waals surface area contributed by atoms with Crippen molar-refractivity contribution in [1.29, 1.82) is 0 Å². The minimum atomic E-state index is 0.0365. The molecule has 2 heterocycles. The van der Waals surface area contributed by atoms with Crippen molar-refractivity contribution in [3.8, 4) is 5.75 Å². The topological polar surface area (TPSA) is 90.3 Å². The monoisotopic (exact) mass is 304 g/mol. The smallest absolute Gasteiger partial charge is 0.216 e. The largest absolute Gasteiger partial charge is 0.507 e. The van der Waals surface area contributed by atoms with Gasteiger partial charge in [0.15, 0.2) is 5.82 Å². The van der Waals surface area contributed by atoms with Crippen LogP contribution in [0.3, 0.4) is 0 Å². The molecular weight excluding hydrogens is 288 g/mol. The molecule has 1 aromatic carbocycles. The molecule has 2 atom stereocenters. The van der Waals surface area contributed by atoms with Crippen LogP contribution in [-0.4, -0.2) is 32.2 Å². The molecule has 4 N–H and O–H groups in total. The van der Waals surface area contributed by atoms with Crippen molar-refractivity contribution >= 4 is 18.4 Å². The number of rotatable bonds is 3. The van der Waals surface area contributed by atoms with E-state index in [1.54, 1.807) is 29.1 Å². The van der Waals surface area contributed by atoms with E-state index in [1.165, 1.54) is 0 Å². The Hall–Kier alpha value is -2.03. The maximum Gasteiger partial charge on any atom is 0.216 e. The number of hydrogen-bond donors (Lipinski definition) is 4. The summed E-state index contributed by atoms with van der Waals surface area (Å²) in [6.07, 6.45) is 2.46. The Morgan fingerprint density at radius 3 is 2.95 bits per heavy atom. The number of phenols is 1. The van der Waals surface area contributed by atoms with Gasteiger partial charge in [-0.15, -0.1) is 0 Å². The van der Waals surface area contributed by atoms with Crippen molar-refractivity contribution in [2.75, 3.05) is 0 Å². The van der Waals surface area contributed by atoms with Crippen LogP contribution in [0.15, 0.2) is 29.4 Å². The van der Waals surface area contributed by atoms with Crippen LogP contribution in [0.5, 0.6) is 5.75 Å². The molecule has 2 aromatic rings. The number of nitrogens with one attached hydrogen (secondary N) is 3. The molecule has 1 saturated heterocycles. The first-order chi connectivity index (χ1) is 10.1. The Balaban J connectivity index is 1.91. The zero-order valence-electron chi connectivity index (χ0n) is 11.4. The summed E-state index contributed by atoms with van der Waals surface area (Å²) in [7, 11) is 0. The highest BCUT2D eigenvalue weighted by molar-refractivity contribution is 7.71. The summed E-state index contributed by atoms with van der Waals surface area (Å²) in [4.78, 5) is 0. The third-order valence-electron chi connectivity index (χ3n) is 3.33. The summed E-state index contributed by atoms with van der Waals surface area (Å²) < 4.78 is 1.98. The van der Waals surface area contributed by atoms with Crippen LogP contribution in [0.25, 0.3) is 0 Å². The van der Waals surface area contributed by atoms with E-state index >= 15 is 0 Å². The lowest BCUT2D eigenvalue weighted by atomic mass is 10.1. The van der Waals surface area contributed by atoms with Crippen molar-refractivity contribution in [2.45, 2.75) is 25.4 Å². The molecule has 2 unspecified atom stereocenters. The van der Waals surface area contributed by atoms with Gasteiger partial charge < -0.3 is 5.11 Å². The molecule has 1 aromatic heterocycles. The van der Waals surface area contributed by atoms with Crippen molar-refractivity contribution in [3.05, 3.63) is 40.4 Å². The molecule has 110 valence electrons. The van der Waals surface area contributed by atoms with E-state index in [9.17, 15) is 5.11 Å². The molecule has 0 saturated carbocycles. The van der Waals surface area contributed by atoms with Gasteiger partial charge in [0.05, 0.1) is 12.3 Å². The highest BCUT2D eigenvalue weighted by Gasteiger charge is 2.26. The molecule has 21 heavy (non-hydrogen) atoms. The number of phenolic OH excluding ortho intramolecular Hbond substituents is 1. The SMILES string of the molecule is CC1CC(c2n[nH]c(=S)n2/N=C/c2ccccc2O)NN1. The van der Waals surface area contributed by atoms with Crippen LogP contribution in [0.4, 0.5) is 0 Å². The van der Waals surface area contributed by atoms with Crippen LogP contribution in [0.1, 0.15) is 30.8 Å². The van der Waals surface area contributed by atoms with Crippen molar-refractivity contribution in [3.63, 3.8) is 0 Å². The first-order valence-electron chi connectivity index (χ1n) is 6.66. The maximum absolute atomic E-state index is 9.75. The van der Waals surface area contributed by atoms with Crippen LogP contribution in [0.2, 0.25) is 0 Å². The number of hydrazine groups is 1. The number of nitrogens with zero attached hydrogens (tertiary/aromatic N) is 3. The zero-order chi connectivity index (χ0) is 14.8. The average Bonchev–Trinajstić information content (AvgIpc) is 3.04. The molecule has 0 spiro atoms. The lowest BCUT2D eigenvalue weighted by Gasteiger charge is -2.07. The van der Waals surface area contributed by atoms with Gasteiger partial charge in [-0.25, -0.2) is 5.43 Å². The van der Waals surface area contributed by atoms with Crippen molar-refractivity contribution < 1.29 is 5.11 Å². The quantitative estimate of drug-likeness (QED) is 0.509. The van der Waals surface area contributed by atoms with E-state index in [2.05, 4.69) is 33.1 Å². The Morgan fingerprint density at radius 1 is 1.43 bits per heavy atom. The molecule has 3 rings (SSSR count). The molecule has 1 aliphatic rings. The molecule has 1 aliphatic heterocycles. The number of aromatic hydroxyl groups is 1. The zero-order valence-corrected chi connectivity index (χ0v) is 12.3. The molecule has 7 nitrogen and oxygen atoms in total. The standard InChI is InChI=1S/C13H16N6OS/c1-8-6-10(16-15-8)12-17-18-13(21)19(12)14-7-9-4-2-3-5-11(9)20/h2-5,7-8,10,15-16,20H,6H2,1H3,(H,18,21)/b14-7+. The Kier molecular flexibility index (Phi) is 3.82. The summed E-state index contributed by atoms with van der Waals surface area (Å²) in [5.74, 6) is 0.885. The number of aromatic amines is 1. The van der Waals surface area contributed by atoms with Gasteiger partial charge in [-0.05, 0) is 37.7 Å². The third kappa shape index (κ3) is 2.87. The lowest BCUT2D eigenvalue weighted by molar-refractivity contribution is 0.474. The number of benzene rings is 1. The highest BCUT2D eigenvalue weighted by atomic mass is 32.1. The van der Waals surface area contributed by atoms with E-state index in [1.807, 2.05) is 6.07 Å². The van der Waals surface area contributed by atoms with Gasteiger partial charge in [-0.1, -0.05) is 12.1 Å². The van der Waals surface area contributed by atoms with Crippen molar-refractivity contribution in [2.24, 2.45) is 5.10 Å². The average molecular weight is 304 g/mol.